The number of carbonyl (C=O) groups is 1. The fourth-order valence-electron chi connectivity index (χ4n) is 1.55. The second-order valence-corrected chi connectivity index (χ2v) is 3.96. The van der Waals surface area contributed by atoms with Crippen LogP contribution in [0, 0.1) is 12.7 Å². The molecule has 0 aliphatic heterocycles. The molecule has 2 aromatic carbocycles. The van der Waals surface area contributed by atoms with E-state index in [0.29, 0.717) is 5.69 Å². The first-order valence-corrected chi connectivity index (χ1v) is 5.54. The Balaban J connectivity index is 1.98. The molecule has 0 saturated carbocycles. The fourth-order valence-corrected chi connectivity index (χ4v) is 1.55. The van der Waals surface area contributed by atoms with Gasteiger partial charge in [0.15, 0.2) is 0 Å². The number of urea groups is 1. The van der Waals surface area contributed by atoms with E-state index in [1.54, 1.807) is 6.07 Å². The number of benzene rings is 2. The highest BCUT2D eigenvalue weighted by molar-refractivity contribution is 5.99. The van der Waals surface area contributed by atoms with E-state index in [1.807, 2.05) is 25.1 Å². The van der Waals surface area contributed by atoms with Crippen LogP contribution in [-0.2, 0) is 0 Å². The summed E-state index contributed by atoms with van der Waals surface area (Å²) in [6, 6.07) is 12.7. The molecule has 0 aromatic heterocycles. The number of hydrogen-bond donors (Lipinski definition) is 2. The lowest BCUT2D eigenvalue weighted by Gasteiger charge is -2.08. The minimum atomic E-state index is -0.354. The zero-order valence-electron chi connectivity index (χ0n) is 9.91. The zero-order chi connectivity index (χ0) is 13.0. The first kappa shape index (κ1) is 12.1. The second-order valence-electron chi connectivity index (χ2n) is 3.96. The van der Waals surface area contributed by atoms with Gasteiger partial charge in [-0.25, -0.2) is 9.18 Å². The van der Waals surface area contributed by atoms with Crippen LogP contribution in [0.5, 0.6) is 0 Å². The van der Waals surface area contributed by atoms with Gasteiger partial charge in [-0.05, 0) is 48.9 Å². The van der Waals surface area contributed by atoms with Crippen LogP contribution >= 0.6 is 0 Å². The predicted octanol–water partition coefficient (Wildman–Crippen LogP) is 3.78. The molecule has 0 atom stereocenters. The number of hydrogen-bond acceptors (Lipinski definition) is 1. The summed E-state index contributed by atoms with van der Waals surface area (Å²) in [5, 5.41) is 5.32. The van der Waals surface area contributed by atoms with Crippen LogP contribution in [0.4, 0.5) is 20.6 Å². The monoisotopic (exact) mass is 244 g/mol. The summed E-state index contributed by atoms with van der Waals surface area (Å²) in [6.07, 6.45) is 0. The van der Waals surface area contributed by atoms with Crippen molar-refractivity contribution in [2.24, 2.45) is 0 Å². The van der Waals surface area contributed by atoms with E-state index < -0.39 is 0 Å². The Morgan fingerprint density at radius 3 is 2.33 bits per heavy atom. The summed E-state index contributed by atoms with van der Waals surface area (Å²) in [7, 11) is 0. The van der Waals surface area contributed by atoms with Crippen LogP contribution in [0.1, 0.15) is 5.56 Å². The van der Waals surface area contributed by atoms with E-state index >= 15 is 0 Å². The molecule has 0 aliphatic carbocycles. The SMILES string of the molecule is Cc1cccc(NC(=O)Nc2ccc(F)cc2)c1. The molecule has 0 heterocycles. The Hall–Kier alpha value is -2.36. The van der Waals surface area contributed by atoms with Gasteiger partial charge in [0.05, 0.1) is 0 Å². The number of nitrogens with one attached hydrogen (secondary N) is 2. The quantitative estimate of drug-likeness (QED) is 0.829. The van der Waals surface area contributed by atoms with Gasteiger partial charge in [-0.3, -0.25) is 0 Å². The topological polar surface area (TPSA) is 41.1 Å². The smallest absolute Gasteiger partial charge is 0.308 e. The summed E-state index contributed by atoms with van der Waals surface area (Å²) >= 11 is 0. The van der Waals surface area contributed by atoms with Crippen LogP contribution in [0.3, 0.4) is 0 Å². The molecule has 0 bridgehead atoms. The molecule has 0 unspecified atom stereocenters. The highest BCUT2D eigenvalue weighted by Crippen LogP contribution is 2.11. The van der Waals surface area contributed by atoms with Gasteiger partial charge < -0.3 is 10.6 Å². The van der Waals surface area contributed by atoms with Crippen molar-refractivity contribution in [3.05, 3.63) is 59.9 Å². The van der Waals surface area contributed by atoms with Crippen molar-refractivity contribution in [1.29, 1.82) is 0 Å². The molecule has 2 amide bonds. The van der Waals surface area contributed by atoms with Crippen molar-refractivity contribution in [1.82, 2.24) is 0 Å². The van der Waals surface area contributed by atoms with Gasteiger partial charge >= 0.3 is 6.03 Å². The standard InChI is InChI=1S/C14H13FN2O/c1-10-3-2-4-13(9-10)17-14(18)16-12-7-5-11(15)6-8-12/h2-9H,1H3,(H2,16,17,18). The molecule has 3 nitrogen and oxygen atoms in total. The van der Waals surface area contributed by atoms with Crippen molar-refractivity contribution in [3.63, 3.8) is 0 Å². The van der Waals surface area contributed by atoms with Crippen molar-refractivity contribution < 1.29 is 9.18 Å². The molecule has 2 rings (SSSR count). The van der Waals surface area contributed by atoms with E-state index in [2.05, 4.69) is 10.6 Å². The summed E-state index contributed by atoms with van der Waals surface area (Å²) in [5.74, 6) is -0.334. The Labute approximate surface area is 105 Å². The number of carbonyl (C=O) groups excluding carboxylic acids is 1. The van der Waals surface area contributed by atoms with E-state index in [4.69, 9.17) is 0 Å². The molecule has 2 N–H and O–H groups in total. The minimum absolute atomic E-state index is 0.334. The third-order valence-corrected chi connectivity index (χ3v) is 2.38. The van der Waals surface area contributed by atoms with Crippen molar-refractivity contribution >= 4 is 17.4 Å². The summed E-state index contributed by atoms with van der Waals surface area (Å²) in [4.78, 5) is 11.7. The van der Waals surface area contributed by atoms with E-state index in [-0.39, 0.29) is 11.8 Å². The highest BCUT2D eigenvalue weighted by atomic mass is 19.1. The summed E-state index contributed by atoms with van der Waals surface area (Å²) < 4.78 is 12.7. The summed E-state index contributed by atoms with van der Waals surface area (Å²) in [6.45, 7) is 1.95. The first-order chi connectivity index (χ1) is 8.63. The molecule has 0 radical (unpaired) electrons. The van der Waals surface area contributed by atoms with Crippen LogP contribution in [0.15, 0.2) is 48.5 Å². The van der Waals surface area contributed by atoms with Crippen LogP contribution in [0.25, 0.3) is 0 Å². The van der Waals surface area contributed by atoms with Crippen LogP contribution < -0.4 is 10.6 Å². The second kappa shape index (κ2) is 5.31. The molecule has 18 heavy (non-hydrogen) atoms. The number of anilines is 2. The molecule has 92 valence electrons. The minimum Gasteiger partial charge on any atom is -0.308 e. The lowest BCUT2D eigenvalue weighted by Crippen LogP contribution is -2.19. The van der Waals surface area contributed by atoms with Crippen molar-refractivity contribution in [2.45, 2.75) is 6.92 Å². The molecule has 0 aliphatic rings. The van der Waals surface area contributed by atoms with E-state index in [9.17, 15) is 9.18 Å². The van der Waals surface area contributed by atoms with Gasteiger partial charge in [0.1, 0.15) is 5.82 Å². The number of rotatable bonds is 2. The largest absolute Gasteiger partial charge is 0.323 e. The Bertz CT molecular complexity index is 552. The predicted molar refractivity (Wildman–Crippen MR) is 70.2 cm³/mol. The van der Waals surface area contributed by atoms with Gasteiger partial charge in [0, 0.05) is 11.4 Å². The zero-order valence-corrected chi connectivity index (χ0v) is 9.91. The molecule has 0 spiro atoms. The van der Waals surface area contributed by atoms with Crippen molar-refractivity contribution in [2.75, 3.05) is 10.6 Å². The van der Waals surface area contributed by atoms with Crippen molar-refractivity contribution in [3.8, 4) is 0 Å². The summed E-state index contributed by atoms with van der Waals surface area (Å²) in [5.41, 5.74) is 2.32. The molecular formula is C14H13FN2O. The molecule has 0 fully saturated rings. The Morgan fingerprint density at radius 2 is 1.67 bits per heavy atom. The average Bonchev–Trinajstić information content (AvgIpc) is 2.32. The molecular weight excluding hydrogens is 231 g/mol. The Morgan fingerprint density at radius 1 is 1.00 bits per heavy atom. The fraction of sp³-hybridized carbons (Fsp3) is 0.0714. The van der Waals surface area contributed by atoms with Crippen LogP contribution in [0.2, 0.25) is 0 Å². The van der Waals surface area contributed by atoms with E-state index in [1.165, 1.54) is 24.3 Å². The van der Waals surface area contributed by atoms with Gasteiger partial charge in [0.25, 0.3) is 0 Å². The maximum absolute atomic E-state index is 12.7. The maximum Gasteiger partial charge on any atom is 0.323 e. The molecule has 0 saturated heterocycles. The van der Waals surface area contributed by atoms with Gasteiger partial charge in [-0.15, -0.1) is 0 Å². The Kier molecular flexibility index (Phi) is 3.57. The molecule has 2 aromatic rings. The number of halogens is 1. The van der Waals surface area contributed by atoms with Gasteiger partial charge in [-0.1, -0.05) is 12.1 Å². The van der Waals surface area contributed by atoms with E-state index in [0.717, 1.165) is 11.3 Å². The first-order valence-electron chi connectivity index (χ1n) is 5.54. The van der Waals surface area contributed by atoms with Gasteiger partial charge in [0.2, 0.25) is 0 Å². The maximum atomic E-state index is 12.7. The molecule has 4 heteroatoms. The normalized spacial score (nSPS) is 9.89. The third kappa shape index (κ3) is 3.31. The lowest BCUT2D eigenvalue weighted by atomic mass is 10.2. The average molecular weight is 244 g/mol. The van der Waals surface area contributed by atoms with Crippen LogP contribution in [-0.4, -0.2) is 6.03 Å². The number of amides is 2. The lowest BCUT2D eigenvalue weighted by molar-refractivity contribution is 0.262. The third-order valence-electron chi connectivity index (χ3n) is 2.38. The number of aryl methyl sites for hydroxylation is 1. The highest BCUT2D eigenvalue weighted by Gasteiger charge is 2.02. The van der Waals surface area contributed by atoms with Gasteiger partial charge in [-0.2, -0.15) is 0 Å².